The van der Waals surface area contributed by atoms with E-state index < -0.39 is 12.8 Å². The molecule has 0 saturated carbocycles. The van der Waals surface area contributed by atoms with Crippen LogP contribution in [0.2, 0.25) is 0 Å². The van der Waals surface area contributed by atoms with Gasteiger partial charge in [0.25, 0.3) is 0 Å². The molecule has 1 N–H and O–H groups in total. The van der Waals surface area contributed by atoms with Crippen molar-refractivity contribution in [3.63, 3.8) is 0 Å². The molecule has 1 aromatic carbocycles. The summed E-state index contributed by atoms with van der Waals surface area (Å²) in [6.07, 6.45) is -3.55. The summed E-state index contributed by atoms with van der Waals surface area (Å²) < 4.78 is 41.3. The number of halogens is 3. The molecule has 5 heteroatoms. The third-order valence-electron chi connectivity index (χ3n) is 2.97. The van der Waals surface area contributed by atoms with Crippen molar-refractivity contribution in [3.05, 3.63) is 35.9 Å². The zero-order valence-corrected chi connectivity index (χ0v) is 12.6. The average molecular weight is 303 g/mol. The van der Waals surface area contributed by atoms with E-state index in [-0.39, 0.29) is 12.5 Å². The molecule has 0 amide bonds. The number of hydrogen-bond acceptors (Lipinski definition) is 2. The molecule has 21 heavy (non-hydrogen) atoms. The van der Waals surface area contributed by atoms with Crippen LogP contribution in [0.3, 0.4) is 0 Å². The van der Waals surface area contributed by atoms with E-state index in [9.17, 15) is 13.2 Å². The third-order valence-corrected chi connectivity index (χ3v) is 2.97. The Bertz CT molecular complexity index is 379. The molecule has 0 heterocycles. The van der Waals surface area contributed by atoms with Crippen LogP contribution in [-0.2, 0) is 11.2 Å². The highest BCUT2D eigenvalue weighted by atomic mass is 19.4. The highest BCUT2D eigenvalue weighted by molar-refractivity contribution is 5.15. The van der Waals surface area contributed by atoms with Crippen LogP contribution in [0.25, 0.3) is 0 Å². The molecule has 0 saturated heterocycles. The molecule has 120 valence electrons. The lowest BCUT2D eigenvalue weighted by Crippen LogP contribution is -2.31. The lowest BCUT2D eigenvalue weighted by atomic mass is 10.00. The van der Waals surface area contributed by atoms with Gasteiger partial charge < -0.3 is 10.1 Å². The summed E-state index contributed by atoms with van der Waals surface area (Å²) in [6.45, 7) is 4.64. The molecule has 0 spiro atoms. The van der Waals surface area contributed by atoms with Gasteiger partial charge in [-0.15, -0.1) is 0 Å². The summed E-state index contributed by atoms with van der Waals surface area (Å²) in [5, 5.41) is 3.29. The van der Waals surface area contributed by atoms with Gasteiger partial charge in [-0.3, -0.25) is 0 Å². The number of benzene rings is 1. The van der Waals surface area contributed by atoms with Crippen LogP contribution in [0.4, 0.5) is 13.2 Å². The lowest BCUT2D eigenvalue weighted by molar-refractivity contribution is -0.176. The number of hydrogen-bond donors (Lipinski definition) is 1. The predicted molar refractivity (Wildman–Crippen MR) is 78.2 cm³/mol. The fraction of sp³-hybridized carbons (Fsp3) is 0.625. The van der Waals surface area contributed by atoms with Gasteiger partial charge in [0, 0.05) is 6.54 Å². The molecule has 0 radical (unpaired) electrons. The molecule has 1 aromatic rings. The molecule has 0 aliphatic heterocycles. The van der Waals surface area contributed by atoms with Crippen LogP contribution in [0.1, 0.15) is 19.4 Å². The van der Waals surface area contributed by atoms with Gasteiger partial charge in [0.15, 0.2) is 0 Å². The number of ether oxygens (including phenoxy) is 1. The fourth-order valence-corrected chi connectivity index (χ4v) is 2.05. The van der Waals surface area contributed by atoms with E-state index in [1.807, 2.05) is 30.3 Å². The van der Waals surface area contributed by atoms with Crippen molar-refractivity contribution in [2.75, 3.05) is 26.3 Å². The monoisotopic (exact) mass is 303 g/mol. The maximum Gasteiger partial charge on any atom is 0.411 e. The highest BCUT2D eigenvalue weighted by Gasteiger charge is 2.27. The molecule has 0 aliphatic rings. The minimum Gasteiger partial charge on any atom is -0.372 e. The standard InChI is InChI=1S/C16H24F3NO/c1-13(2)9-20-10-15(11-21-12-16(17,18)19)8-14-6-4-3-5-7-14/h3-7,13,15,20H,8-12H2,1-2H3. The second-order valence-corrected chi connectivity index (χ2v) is 5.74. The van der Waals surface area contributed by atoms with E-state index in [0.717, 1.165) is 12.1 Å². The second-order valence-electron chi connectivity index (χ2n) is 5.74. The summed E-state index contributed by atoms with van der Waals surface area (Å²) in [5.41, 5.74) is 1.12. The normalized spacial score (nSPS) is 13.6. The van der Waals surface area contributed by atoms with Crippen LogP contribution in [0, 0.1) is 11.8 Å². The van der Waals surface area contributed by atoms with E-state index in [2.05, 4.69) is 19.2 Å². The Labute approximate surface area is 124 Å². The van der Waals surface area contributed by atoms with Gasteiger partial charge in [-0.25, -0.2) is 0 Å². The Morgan fingerprint density at radius 2 is 1.76 bits per heavy atom. The van der Waals surface area contributed by atoms with Gasteiger partial charge in [0.05, 0.1) is 6.61 Å². The minimum atomic E-state index is -4.26. The largest absolute Gasteiger partial charge is 0.411 e. The SMILES string of the molecule is CC(C)CNCC(COCC(F)(F)F)Cc1ccccc1. The van der Waals surface area contributed by atoms with Crippen molar-refractivity contribution in [1.82, 2.24) is 5.32 Å². The van der Waals surface area contributed by atoms with E-state index >= 15 is 0 Å². The van der Waals surface area contributed by atoms with Crippen molar-refractivity contribution in [1.29, 1.82) is 0 Å². The first-order valence-corrected chi connectivity index (χ1v) is 7.26. The topological polar surface area (TPSA) is 21.3 Å². The summed E-state index contributed by atoms with van der Waals surface area (Å²) in [7, 11) is 0. The van der Waals surface area contributed by atoms with E-state index in [1.165, 1.54) is 0 Å². The first kappa shape index (κ1) is 18.0. The second kappa shape index (κ2) is 9.05. The van der Waals surface area contributed by atoms with Gasteiger partial charge in [0.2, 0.25) is 0 Å². The maximum atomic E-state index is 12.2. The molecule has 2 nitrogen and oxygen atoms in total. The smallest absolute Gasteiger partial charge is 0.372 e. The molecular weight excluding hydrogens is 279 g/mol. The van der Waals surface area contributed by atoms with Crippen LogP contribution >= 0.6 is 0 Å². The van der Waals surface area contributed by atoms with Gasteiger partial charge in [-0.05, 0) is 30.4 Å². The van der Waals surface area contributed by atoms with Crippen LogP contribution in [-0.4, -0.2) is 32.5 Å². The summed E-state index contributed by atoms with van der Waals surface area (Å²) >= 11 is 0. The van der Waals surface area contributed by atoms with Gasteiger partial charge in [-0.1, -0.05) is 44.2 Å². The molecule has 0 aromatic heterocycles. The average Bonchev–Trinajstić information content (AvgIpc) is 2.37. The van der Waals surface area contributed by atoms with Crippen molar-refractivity contribution >= 4 is 0 Å². The minimum absolute atomic E-state index is 0.0356. The summed E-state index contributed by atoms with van der Waals surface area (Å²) in [4.78, 5) is 0. The van der Waals surface area contributed by atoms with Gasteiger partial charge >= 0.3 is 6.18 Å². The third kappa shape index (κ3) is 9.47. The Morgan fingerprint density at radius 3 is 2.33 bits per heavy atom. The zero-order chi connectivity index (χ0) is 15.7. The molecular formula is C16H24F3NO. The quantitative estimate of drug-likeness (QED) is 0.751. The van der Waals surface area contributed by atoms with Crippen LogP contribution < -0.4 is 5.32 Å². The Balaban J connectivity index is 2.45. The van der Waals surface area contributed by atoms with Gasteiger partial charge in [-0.2, -0.15) is 13.2 Å². The van der Waals surface area contributed by atoms with Crippen molar-refractivity contribution < 1.29 is 17.9 Å². The first-order valence-electron chi connectivity index (χ1n) is 7.26. The van der Waals surface area contributed by atoms with Crippen molar-refractivity contribution in [2.45, 2.75) is 26.4 Å². The Hall–Kier alpha value is -1.07. The molecule has 1 unspecified atom stereocenters. The molecule has 0 aliphatic carbocycles. The molecule has 0 bridgehead atoms. The van der Waals surface area contributed by atoms with Crippen molar-refractivity contribution in [3.8, 4) is 0 Å². The summed E-state index contributed by atoms with van der Waals surface area (Å²) in [5.74, 6) is 0.548. The van der Waals surface area contributed by atoms with Gasteiger partial charge in [0.1, 0.15) is 6.61 Å². The van der Waals surface area contributed by atoms with E-state index in [0.29, 0.717) is 18.9 Å². The fourth-order valence-electron chi connectivity index (χ4n) is 2.05. The van der Waals surface area contributed by atoms with Crippen molar-refractivity contribution in [2.24, 2.45) is 11.8 Å². The van der Waals surface area contributed by atoms with E-state index in [4.69, 9.17) is 4.74 Å². The molecule has 0 fully saturated rings. The van der Waals surface area contributed by atoms with Crippen LogP contribution in [0.5, 0.6) is 0 Å². The zero-order valence-electron chi connectivity index (χ0n) is 12.6. The number of nitrogens with one attached hydrogen (secondary N) is 1. The first-order chi connectivity index (χ1) is 9.87. The lowest BCUT2D eigenvalue weighted by Gasteiger charge is -2.19. The summed E-state index contributed by atoms with van der Waals surface area (Å²) in [6, 6.07) is 9.77. The Kier molecular flexibility index (Phi) is 7.75. The maximum absolute atomic E-state index is 12.2. The molecule has 1 atom stereocenters. The predicted octanol–water partition coefficient (Wildman–Crippen LogP) is 3.67. The Morgan fingerprint density at radius 1 is 1.10 bits per heavy atom. The highest BCUT2D eigenvalue weighted by Crippen LogP contribution is 2.16. The number of alkyl halides is 3. The van der Waals surface area contributed by atoms with E-state index in [1.54, 1.807) is 0 Å². The number of rotatable bonds is 9. The molecule has 1 rings (SSSR count). The van der Waals surface area contributed by atoms with Crippen LogP contribution in [0.15, 0.2) is 30.3 Å².